The summed E-state index contributed by atoms with van der Waals surface area (Å²) in [5.74, 6) is 1.74. The summed E-state index contributed by atoms with van der Waals surface area (Å²) in [4.78, 5) is 24.6. The number of thioether (sulfide) groups is 1. The number of nitrogens with one attached hydrogen (secondary N) is 1. The number of carbonyl (C=O) groups excluding carboxylic acids is 1. The molecule has 7 nitrogen and oxygen atoms in total. The molecule has 2 heterocycles. The quantitative estimate of drug-likeness (QED) is 0.533. The molecule has 0 spiro atoms. The van der Waals surface area contributed by atoms with Gasteiger partial charge >= 0.3 is 0 Å². The van der Waals surface area contributed by atoms with Crippen molar-refractivity contribution in [2.24, 2.45) is 0 Å². The third-order valence-electron chi connectivity index (χ3n) is 5.03. The van der Waals surface area contributed by atoms with Gasteiger partial charge in [0, 0.05) is 18.8 Å². The van der Waals surface area contributed by atoms with E-state index in [4.69, 9.17) is 19.4 Å². The third kappa shape index (κ3) is 5.49. The molecule has 1 aliphatic rings. The lowest BCUT2D eigenvalue weighted by Gasteiger charge is -2.36. The molecule has 1 N–H and O–H groups in total. The Morgan fingerprint density at radius 3 is 2.41 bits per heavy atom. The molecule has 8 heteroatoms. The first-order chi connectivity index (χ1) is 15.5. The second-order valence-corrected chi connectivity index (χ2v) is 8.76. The number of nitrogens with zero attached hydrogens (tertiary/aromatic N) is 3. The fraction of sp³-hybridized carbons (Fsp3) is 0.375. The molecular weight excluding hydrogens is 424 g/mol. The molecule has 3 aromatic rings. The Morgan fingerprint density at radius 2 is 1.75 bits per heavy atom. The van der Waals surface area contributed by atoms with E-state index in [0.29, 0.717) is 6.61 Å². The molecule has 1 saturated heterocycles. The Labute approximate surface area is 192 Å². The predicted molar refractivity (Wildman–Crippen MR) is 129 cm³/mol. The number of morpholine rings is 1. The van der Waals surface area contributed by atoms with E-state index in [1.54, 1.807) is 0 Å². The average Bonchev–Trinajstić information content (AvgIpc) is 2.78. The van der Waals surface area contributed by atoms with Crippen molar-refractivity contribution in [3.8, 4) is 5.75 Å². The van der Waals surface area contributed by atoms with E-state index in [0.717, 1.165) is 46.4 Å². The van der Waals surface area contributed by atoms with Crippen molar-refractivity contribution in [1.82, 2.24) is 9.97 Å². The molecule has 2 atom stereocenters. The number of fused-ring (bicyclic) bond motifs is 1. The first-order valence-corrected chi connectivity index (χ1v) is 11.8. The number of hydrogen-bond acceptors (Lipinski definition) is 7. The first-order valence-electron chi connectivity index (χ1n) is 10.8. The Hall–Kier alpha value is -2.84. The molecule has 0 saturated carbocycles. The fourth-order valence-corrected chi connectivity index (χ4v) is 4.57. The van der Waals surface area contributed by atoms with Crippen LogP contribution in [0.5, 0.6) is 5.75 Å². The lowest BCUT2D eigenvalue weighted by atomic mass is 10.2. The van der Waals surface area contributed by atoms with Gasteiger partial charge in [-0.3, -0.25) is 4.79 Å². The summed E-state index contributed by atoms with van der Waals surface area (Å²) in [5.41, 5.74) is 2.40. The summed E-state index contributed by atoms with van der Waals surface area (Å²) in [5, 5.41) is 3.69. The van der Waals surface area contributed by atoms with Crippen molar-refractivity contribution in [3.05, 3.63) is 48.5 Å². The zero-order valence-electron chi connectivity index (χ0n) is 18.6. The number of para-hydroxylation sites is 2. The van der Waals surface area contributed by atoms with Crippen LogP contribution in [-0.4, -0.2) is 53.5 Å². The molecule has 1 aromatic heterocycles. The molecule has 1 aliphatic heterocycles. The van der Waals surface area contributed by atoms with Crippen molar-refractivity contribution in [3.63, 3.8) is 0 Å². The van der Waals surface area contributed by atoms with E-state index in [2.05, 4.69) is 24.1 Å². The number of aromatic nitrogens is 2. The van der Waals surface area contributed by atoms with Crippen LogP contribution in [0.1, 0.15) is 20.8 Å². The van der Waals surface area contributed by atoms with Crippen molar-refractivity contribution in [1.29, 1.82) is 0 Å². The van der Waals surface area contributed by atoms with Crippen LogP contribution in [-0.2, 0) is 9.53 Å². The van der Waals surface area contributed by atoms with E-state index >= 15 is 0 Å². The minimum atomic E-state index is -0.0937. The highest BCUT2D eigenvalue weighted by atomic mass is 32.2. The number of hydrogen-bond donors (Lipinski definition) is 1. The maximum atomic E-state index is 12.6. The van der Waals surface area contributed by atoms with Gasteiger partial charge in [-0.15, -0.1) is 0 Å². The average molecular weight is 453 g/mol. The van der Waals surface area contributed by atoms with Gasteiger partial charge in [-0.25, -0.2) is 9.97 Å². The van der Waals surface area contributed by atoms with E-state index in [9.17, 15) is 4.79 Å². The first kappa shape index (κ1) is 22.4. The maximum Gasteiger partial charge on any atom is 0.234 e. The SMILES string of the molecule is CCOc1ccc(NC(=O)CSc2nc3ccccc3nc2N2C[C@@H](C)O[C@@H](C)C2)cc1. The summed E-state index contributed by atoms with van der Waals surface area (Å²) in [6.07, 6.45) is 0.209. The fourth-order valence-electron chi connectivity index (χ4n) is 3.76. The summed E-state index contributed by atoms with van der Waals surface area (Å²) >= 11 is 1.40. The van der Waals surface area contributed by atoms with Gasteiger partial charge in [0.1, 0.15) is 10.8 Å². The van der Waals surface area contributed by atoms with Gasteiger partial charge in [-0.2, -0.15) is 0 Å². The highest BCUT2D eigenvalue weighted by Gasteiger charge is 2.26. The van der Waals surface area contributed by atoms with Crippen LogP contribution >= 0.6 is 11.8 Å². The van der Waals surface area contributed by atoms with Crippen LogP contribution in [0.25, 0.3) is 11.0 Å². The van der Waals surface area contributed by atoms with E-state index < -0.39 is 0 Å². The molecule has 0 bridgehead atoms. The molecule has 0 aliphatic carbocycles. The van der Waals surface area contributed by atoms with Crippen LogP contribution in [0.2, 0.25) is 0 Å². The highest BCUT2D eigenvalue weighted by Crippen LogP contribution is 2.31. The molecular formula is C24H28N4O3S. The monoisotopic (exact) mass is 452 g/mol. The van der Waals surface area contributed by atoms with Gasteiger partial charge in [-0.1, -0.05) is 23.9 Å². The summed E-state index contributed by atoms with van der Waals surface area (Å²) in [6, 6.07) is 15.2. The molecule has 1 fully saturated rings. The minimum Gasteiger partial charge on any atom is -0.494 e. The maximum absolute atomic E-state index is 12.6. The zero-order chi connectivity index (χ0) is 22.5. The number of amides is 1. The topological polar surface area (TPSA) is 76.6 Å². The van der Waals surface area contributed by atoms with E-state index in [-0.39, 0.29) is 23.9 Å². The van der Waals surface area contributed by atoms with Crippen molar-refractivity contribution < 1.29 is 14.3 Å². The predicted octanol–water partition coefficient (Wildman–Crippen LogP) is 4.37. The van der Waals surface area contributed by atoms with Gasteiger partial charge < -0.3 is 19.7 Å². The Balaban J connectivity index is 1.50. The highest BCUT2D eigenvalue weighted by molar-refractivity contribution is 8.00. The molecule has 4 rings (SSSR count). The van der Waals surface area contributed by atoms with E-state index in [1.807, 2.05) is 55.5 Å². The van der Waals surface area contributed by atoms with Gasteiger partial charge in [-0.05, 0) is 57.2 Å². The third-order valence-corrected chi connectivity index (χ3v) is 5.98. The number of benzene rings is 2. The Morgan fingerprint density at radius 1 is 1.09 bits per heavy atom. The summed E-state index contributed by atoms with van der Waals surface area (Å²) < 4.78 is 11.3. The molecule has 32 heavy (non-hydrogen) atoms. The minimum absolute atomic E-state index is 0.0937. The molecule has 168 valence electrons. The van der Waals surface area contributed by atoms with E-state index in [1.165, 1.54) is 11.8 Å². The Bertz CT molecular complexity index is 1070. The summed E-state index contributed by atoms with van der Waals surface area (Å²) in [6.45, 7) is 8.16. The second-order valence-electron chi connectivity index (χ2n) is 7.80. The van der Waals surface area contributed by atoms with Gasteiger partial charge in [0.05, 0.1) is 35.6 Å². The normalized spacial score (nSPS) is 18.5. The molecule has 1 amide bonds. The van der Waals surface area contributed by atoms with Crippen LogP contribution in [0.3, 0.4) is 0 Å². The second kappa shape index (κ2) is 10.2. The van der Waals surface area contributed by atoms with Crippen LogP contribution < -0.4 is 15.0 Å². The molecule has 2 aromatic carbocycles. The molecule has 0 unspecified atom stereocenters. The standard InChI is InChI=1S/C24H28N4O3S/c1-4-30-19-11-9-18(10-12-19)25-22(29)15-32-24-23(28-13-16(2)31-17(3)14-28)26-20-7-5-6-8-21(20)27-24/h5-12,16-17H,4,13-15H2,1-3H3,(H,25,29)/t16-,17+. The van der Waals surface area contributed by atoms with Crippen molar-refractivity contribution in [2.75, 3.05) is 35.7 Å². The van der Waals surface area contributed by atoms with Gasteiger partial charge in [0.15, 0.2) is 5.82 Å². The smallest absolute Gasteiger partial charge is 0.234 e. The zero-order valence-corrected chi connectivity index (χ0v) is 19.4. The largest absolute Gasteiger partial charge is 0.494 e. The number of rotatable bonds is 7. The summed E-state index contributed by atoms with van der Waals surface area (Å²) in [7, 11) is 0. The number of anilines is 2. The lowest BCUT2D eigenvalue weighted by Crippen LogP contribution is -2.46. The van der Waals surface area contributed by atoms with Crippen molar-refractivity contribution >= 4 is 40.2 Å². The molecule has 0 radical (unpaired) electrons. The lowest BCUT2D eigenvalue weighted by molar-refractivity contribution is -0.113. The van der Waals surface area contributed by atoms with Crippen LogP contribution in [0, 0.1) is 0 Å². The van der Waals surface area contributed by atoms with Gasteiger partial charge in [0.2, 0.25) is 5.91 Å². The number of ether oxygens (including phenoxy) is 2. The van der Waals surface area contributed by atoms with Gasteiger partial charge in [0.25, 0.3) is 0 Å². The van der Waals surface area contributed by atoms with Crippen molar-refractivity contribution in [2.45, 2.75) is 38.0 Å². The van der Waals surface area contributed by atoms with Crippen LogP contribution in [0.15, 0.2) is 53.6 Å². The number of carbonyl (C=O) groups is 1. The van der Waals surface area contributed by atoms with Crippen LogP contribution in [0.4, 0.5) is 11.5 Å². The Kier molecular flexibility index (Phi) is 7.12.